The van der Waals surface area contributed by atoms with Gasteiger partial charge in [-0.15, -0.1) is 0 Å². The Labute approximate surface area is 138 Å². The van der Waals surface area contributed by atoms with E-state index in [1.807, 2.05) is 0 Å². The van der Waals surface area contributed by atoms with E-state index in [0.717, 1.165) is 18.4 Å². The summed E-state index contributed by atoms with van der Waals surface area (Å²) in [6, 6.07) is 3.60. The Balaban J connectivity index is 2.81. The van der Waals surface area contributed by atoms with Crippen molar-refractivity contribution >= 4 is 12.0 Å². The van der Waals surface area contributed by atoms with Crippen LogP contribution in [0.5, 0.6) is 17.2 Å². The van der Waals surface area contributed by atoms with Gasteiger partial charge in [-0.05, 0) is 29.7 Å². The lowest BCUT2D eigenvalue weighted by Crippen LogP contribution is -2.27. The van der Waals surface area contributed by atoms with Crippen LogP contribution in [-0.2, 0) is 4.79 Å². The van der Waals surface area contributed by atoms with E-state index in [-0.39, 0.29) is 5.91 Å². The molecule has 0 aromatic heterocycles. The van der Waals surface area contributed by atoms with E-state index in [1.54, 1.807) is 39.5 Å². The van der Waals surface area contributed by atoms with Gasteiger partial charge in [-0.1, -0.05) is 26.7 Å². The van der Waals surface area contributed by atoms with E-state index in [4.69, 9.17) is 14.2 Å². The van der Waals surface area contributed by atoms with Gasteiger partial charge in [0.05, 0.1) is 21.3 Å². The van der Waals surface area contributed by atoms with E-state index in [2.05, 4.69) is 19.2 Å². The Kier molecular flexibility index (Phi) is 8.02. The molecule has 1 aromatic rings. The predicted molar refractivity (Wildman–Crippen MR) is 92.2 cm³/mol. The van der Waals surface area contributed by atoms with Gasteiger partial charge in [0, 0.05) is 12.6 Å². The van der Waals surface area contributed by atoms with E-state index >= 15 is 0 Å². The molecule has 23 heavy (non-hydrogen) atoms. The number of hydrogen-bond acceptors (Lipinski definition) is 4. The number of ether oxygens (including phenoxy) is 3. The van der Waals surface area contributed by atoms with Crippen LogP contribution >= 0.6 is 0 Å². The minimum absolute atomic E-state index is 0.106. The first-order valence-corrected chi connectivity index (χ1v) is 7.85. The fourth-order valence-electron chi connectivity index (χ4n) is 2.25. The molecule has 1 rings (SSSR count). The van der Waals surface area contributed by atoms with Gasteiger partial charge in [0.2, 0.25) is 11.7 Å². The SMILES string of the molecule is CCC(CC)CNC(=O)/C=C/c1cc(OC)c(OC)c(OC)c1. The maximum Gasteiger partial charge on any atom is 0.244 e. The molecule has 0 aliphatic carbocycles. The zero-order valence-corrected chi connectivity index (χ0v) is 14.6. The van der Waals surface area contributed by atoms with Crippen molar-refractivity contribution in [3.63, 3.8) is 0 Å². The Morgan fingerprint density at radius 3 is 2.09 bits per heavy atom. The molecule has 0 atom stereocenters. The lowest BCUT2D eigenvalue weighted by Gasteiger charge is -2.13. The van der Waals surface area contributed by atoms with Crippen molar-refractivity contribution < 1.29 is 19.0 Å². The maximum atomic E-state index is 11.9. The molecule has 0 saturated carbocycles. The molecule has 0 spiro atoms. The smallest absolute Gasteiger partial charge is 0.244 e. The van der Waals surface area contributed by atoms with Crippen LogP contribution in [0.25, 0.3) is 6.08 Å². The van der Waals surface area contributed by atoms with Crippen LogP contribution in [0.4, 0.5) is 0 Å². The molecular formula is C18H27NO4. The third-order valence-electron chi connectivity index (χ3n) is 3.83. The van der Waals surface area contributed by atoms with Gasteiger partial charge in [-0.2, -0.15) is 0 Å². The first-order valence-electron chi connectivity index (χ1n) is 7.85. The maximum absolute atomic E-state index is 11.9. The van der Waals surface area contributed by atoms with Gasteiger partial charge in [0.15, 0.2) is 11.5 Å². The number of carbonyl (C=O) groups is 1. The Bertz CT molecular complexity index is 511. The molecule has 1 amide bonds. The summed E-state index contributed by atoms with van der Waals surface area (Å²) >= 11 is 0. The quantitative estimate of drug-likeness (QED) is 0.709. The first-order chi connectivity index (χ1) is 11.1. The van der Waals surface area contributed by atoms with Crippen molar-refractivity contribution in [1.29, 1.82) is 0 Å². The van der Waals surface area contributed by atoms with Crippen LogP contribution in [-0.4, -0.2) is 33.8 Å². The van der Waals surface area contributed by atoms with Gasteiger partial charge in [0.25, 0.3) is 0 Å². The second-order valence-corrected chi connectivity index (χ2v) is 5.22. The van der Waals surface area contributed by atoms with Crippen LogP contribution in [0.2, 0.25) is 0 Å². The monoisotopic (exact) mass is 321 g/mol. The van der Waals surface area contributed by atoms with Crippen LogP contribution in [0, 0.1) is 5.92 Å². The number of nitrogens with one attached hydrogen (secondary N) is 1. The average molecular weight is 321 g/mol. The second kappa shape index (κ2) is 9.77. The predicted octanol–water partition coefficient (Wildman–Crippen LogP) is 3.28. The van der Waals surface area contributed by atoms with Crippen LogP contribution < -0.4 is 19.5 Å². The summed E-state index contributed by atoms with van der Waals surface area (Å²) in [5.41, 5.74) is 0.803. The topological polar surface area (TPSA) is 56.8 Å². The van der Waals surface area contributed by atoms with Crippen LogP contribution in [0.1, 0.15) is 32.3 Å². The van der Waals surface area contributed by atoms with E-state index < -0.39 is 0 Å². The molecule has 5 heteroatoms. The molecule has 0 radical (unpaired) electrons. The van der Waals surface area contributed by atoms with Gasteiger partial charge in [0.1, 0.15) is 0 Å². The highest BCUT2D eigenvalue weighted by Crippen LogP contribution is 2.38. The summed E-state index contributed by atoms with van der Waals surface area (Å²) < 4.78 is 15.9. The molecule has 128 valence electrons. The molecule has 0 unspecified atom stereocenters. The lowest BCUT2D eigenvalue weighted by molar-refractivity contribution is -0.116. The van der Waals surface area contributed by atoms with Gasteiger partial charge in [-0.25, -0.2) is 0 Å². The number of amides is 1. The number of carbonyl (C=O) groups excluding carboxylic acids is 1. The summed E-state index contributed by atoms with van der Waals surface area (Å²) in [5.74, 6) is 2.07. The highest BCUT2D eigenvalue weighted by atomic mass is 16.5. The summed E-state index contributed by atoms with van der Waals surface area (Å²) in [6.07, 6.45) is 5.37. The zero-order valence-electron chi connectivity index (χ0n) is 14.6. The third-order valence-corrected chi connectivity index (χ3v) is 3.83. The Morgan fingerprint density at radius 2 is 1.65 bits per heavy atom. The molecular weight excluding hydrogens is 294 g/mol. The van der Waals surface area contributed by atoms with Crippen LogP contribution in [0.15, 0.2) is 18.2 Å². The average Bonchev–Trinajstić information content (AvgIpc) is 2.59. The number of methoxy groups -OCH3 is 3. The standard InChI is InChI=1S/C18H27NO4/c1-6-13(7-2)12-19-17(20)9-8-14-10-15(21-3)18(23-5)16(11-14)22-4/h8-11,13H,6-7,12H2,1-5H3,(H,19,20)/b9-8+. The van der Waals surface area contributed by atoms with Crippen molar-refractivity contribution in [3.8, 4) is 17.2 Å². The third kappa shape index (κ3) is 5.51. The number of hydrogen-bond donors (Lipinski definition) is 1. The summed E-state index contributed by atoms with van der Waals surface area (Å²) in [7, 11) is 4.68. The fraction of sp³-hybridized carbons (Fsp3) is 0.500. The first kappa shape index (κ1) is 18.9. The highest BCUT2D eigenvalue weighted by Gasteiger charge is 2.12. The minimum atomic E-state index is -0.106. The Morgan fingerprint density at radius 1 is 1.09 bits per heavy atom. The zero-order chi connectivity index (χ0) is 17.2. The fourth-order valence-corrected chi connectivity index (χ4v) is 2.25. The summed E-state index contributed by atoms with van der Waals surface area (Å²) in [5, 5.41) is 2.92. The number of rotatable bonds is 9. The van der Waals surface area contributed by atoms with Gasteiger partial charge >= 0.3 is 0 Å². The molecule has 0 bridgehead atoms. The molecule has 0 aliphatic rings. The highest BCUT2D eigenvalue weighted by molar-refractivity contribution is 5.91. The molecule has 1 aromatic carbocycles. The van der Waals surface area contributed by atoms with Crippen molar-refractivity contribution in [2.45, 2.75) is 26.7 Å². The molecule has 5 nitrogen and oxygen atoms in total. The molecule has 1 N–H and O–H groups in total. The molecule has 0 saturated heterocycles. The summed E-state index contributed by atoms with van der Waals surface area (Å²) in [4.78, 5) is 11.9. The molecule has 0 aliphatic heterocycles. The summed E-state index contributed by atoms with van der Waals surface area (Å²) in [6.45, 7) is 4.96. The largest absolute Gasteiger partial charge is 0.493 e. The van der Waals surface area contributed by atoms with E-state index in [0.29, 0.717) is 29.7 Å². The van der Waals surface area contributed by atoms with Gasteiger partial charge in [-0.3, -0.25) is 4.79 Å². The van der Waals surface area contributed by atoms with Crippen molar-refractivity contribution in [3.05, 3.63) is 23.8 Å². The van der Waals surface area contributed by atoms with Crippen molar-refractivity contribution in [2.24, 2.45) is 5.92 Å². The van der Waals surface area contributed by atoms with E-state index in [9.17, 15) is 4.79 Å². The number of benzene rings is 1. The lowest BCUT2D eigenvalue weighted by atomic mass is 10.0. The Hall–Kier alpha value is -2.17. The normalized spacial score (nSPS) is 10.9. The minimum Gasteiger partial charge on any atom is -0.493 e. The van der Waals surface area contributed by atoms with E-state index in [1.165, 1.54) is 6.08 Å². The molecule has 0 heterocycles. The van der Waals surface area contributed by atoms with Crippen molar-refractivity contribution in [2.75, 3.05) is 27.9 Å². The second-order valence-electron chi connectivity index (χ2n) is 5.22. The van der Waals surface area contributed by atoms with Crippen molar-refractivity contribution in [1.82, 2.24) is 5.32 Å². The van der Waals surface area contributed by atoms with Gasteiger partial charge < -0.3 is 19.5 Å². The van der Waals surface area contributed by atoms with Crippen LogP contribution in [0.3, 0.4) is 0 Å². The molecule has 0 fully saturated rings.